The lowest BCUT2D eigenvalue weighted by atomic mass is 9.94. The number of hydrogen-bond donors (Lipinski definition) is 1. The van der Waals surface area contributed by atoms with E-state index >= 15 is 0 Å². The Morgan fingerprint density at radius 1 is 1.00 bits per heavy atom. The van der Waals surface area contributed by atoms with Crippen LogP contribution in [0.15, 0.2) is 0 Å². The Kier molecular flexibility index (Phi) is 7.87. The summed E-state index contributed by atoms with van der Waals surface area (Å²) in [6, 6.07) is 0. The summed E-state index contributed by atoms with van der Waals surface area (Å²) >= 11 is 0. The SMILES string of the molecule is CC(C)CCOCCOC1(CN)CCCCCC1. The van der Waals surface area contributed by atoms with E-state index in [9.17, 15) is 0 Å². The van der Waals surface area contributed by atoms with Gasteiger partial charge in [-0.05, 0) is 25.2 Å². The molecule has 3 heteroatoms. The zero-order valence-electron chi connectivity index (χ0n) is 12.2. The minimum absolute atomic E-state index is 0.0576. The summed E-state index contributed by atoms with van der Waals surface area (Å²) in [5, 5.41) is 0. The second-order valence-electron chi connectivity index (χ2n) is 5.94. The Hall–Kier alpha value is -0.120. The van der Waals surface area contributed by atoms with Crippen LogP contribution in [0.1, 0.15) is 58.8 Å². The Balaban J connectivity index is 2.14. The molecule has 1 rings (SSSR count). The van der Waals surface area contributed by atoms with E-state index in [1.807, 2.05) is 0 Å². The lowest BCUT2D eigenvalue weighted by Gasteiger charge is -2.31. The molecule has 0 aromatic carbocycles. The highest BCUT2D eigenvalue weighted by Gasteiger charge is 2.30. The van der Waals surface area contributed by atoms with Gasteiger partial charge in [-0.3, -0.25) is 0 Å². The van der Waals surface area contributed by atoms with Crippen LogP contribution in [-0.2, 0) is 9.47 Å². The fraction of sp³-hybridized carbons (Fsp3) is 1.00. The Morgan fingerprint density at radius 2 is 1.67 bits per heavy atom. The predicted molar refractivity (Wildman–Crippen MR) is 75.7 cm³/mol. The van der Waals surface area contributed by atoms with Crippen molar-refractivity contribution < 1.29 is 9.47 Å². The van der Waals surface area contributed by atoms with Crippen LogP contribution in [0.3, 0.4) is 0 Å². The van der Waals surface area contributed by atoms with Crippen molar-refractivity contribution in [1.82, 2.24) is 0 Å². The van der Waals surface area contributed by atoms with E-state index in [0.717, 1.165) is 25.9 Å². The highest BCUT2D eigenvalue weighted by Crippen LogP contribution is 2.29. The molecule has 0 unspecified atom stereocenters. The first-order valence-electron chi connectivity index (χ1n) is 7.60. The largest absolute Gasteiger partial charge is 0.379 e. The molecule has 3 nitrogen and oxygen atoms in total. The molecule has 18 heavy (non-hydrogen) atoms. The molecule has 1 saturated carbocycles. The first-order valence-corrected chi connectivity index (χ1v) is 7.60. The smallest absolute Gasteiger partial charge is 0.0805 e. The minimum Gasteiger partial charge on any atom is -0.379 e. The van der Waals surface area contributed by atoms with E-state index in [1.165, 1.54) is 25.7 Å². The first kappa shape index (κ1) is 15.9. The van der Waals surface area contributed by atoms with Crippen molar-refractivity contribution in [2.45, 2.75) is 64.4 Å². The summed E-state index contributed by atoms with van der Waals surface area (Å²) in [4.78, 5) is 0. The molecule has 1 aliphatic carbocycles. The molecule has 0 aromatic heterocycles. The van der Waals surface area contributed by atoms with Crippen molar-refractivity contribution in [2.24, 2.45) is 11.7 Å². The van der Waals surface area contributed by atoms with Gasteiger partial charge in [0.1, 0.15) is 0 Å². The summed E-state index contributed by atoms with van der Waals surface area (Å²) in [5.74, 6) is 0.711. The van der Waals surface area contributed by atoms with Gasteiger partial charge in [-0.15, -0.1) is 0 Å². The third kappa shape index (κ3) is 6.17. The normalized spacial score (nSPS) is 20.0. The van der Waals surface area contributed by atoms with Gasteiger partial charge in [-0.2, -0.15) is 0 Å². The summed E-state index contributed by atoms with van der Waals surface area (Å²) in [7, 11) is 0. The molecule has 0 spiro atoms. The molecule has 0 amide bonds. The van der Waals surface area contributed by atoms with Crippen molar-refractivity contribution >= 4 is 0 Å². The van der Waals surface area contributed by atoms with E-state index in [4.69, 9.17) is 15.2 Å². The van der Waals surface area contributed by atoms with Crippen molar-refractivity contribution in [3.05, 3.63) is 0 Å². The van der Waals surface area contributed by atoms with E-state index in [2.05, 4.69) is 13.8 Å². The number of rotatable bonds is 8. The topological polar surface area (TPSA) is 44.5 Å². The molecule has 0 radical (unpaired) electrons. The summed E-state index contributed by atoms with van der Waals surface area (Å²) < 4.78 is 11.6. The van der Waals surface area contributed by atoms with Gasteiger partial charge < -0.3 is 15.2 Å². The fourth-order valence-corrected chi connectivity index (χ4v) is 2.52. The molecule has 0 saturated heterocycles. The van der Waals surface area contributed by atoms with Crippen molar-refractivity contribution in [3.8, 4) is 0 Å². The summed E-state index contributed by atoms with van der Waals surface area (Å²) in [5.41, 5.74) is 5.86. The molecule has 1 aliphatic rings. The van der Waals surface area contributed by atoms with E-state index in [1.54, 1.807) is 0 Å². The Bertz CT molecular complexity index is 199. The molecular weight excluding hydrogens is 226 g/mol. The third-order valence-corrected chi connectivity index (χ3v) is 3.86. The average molecular weight is 257 g/mol. The maximum atomic E-state index is 6.06. The minimum atomic E-state index is -0.0576. The van der Waals surface area contributed by atoms with Crippen LogP contribution in [-0.4, -0.2) is 32.0 Å². The lowest BCUT2D eigenvalue weighted by Crippen LogP contribution is -2.41. The van der Waals surface area contributed by atoms with Crippen LogP contribution in [0.4, 0.5) is 0 Å². The second kappa shape index (κ2) is 8.89. The summed E-state index contributed by atoms with van der Waals surface area (Å²) in [6.45, 7) is 7.32. The molecule has 0 bridgehead atoms. The molecular formula is C15H31NO2. The zero-order valence-corrected chi connectivity index (χ0v) is 12.2. The Labute approximate surface area is 112 Å². The standard InChI is InChI=1S/C15H31NO2/c1-14(2)7-10-17-11-12-18-15(13-16)8-5-3-4-6-9-15/h14H,3-13,16H2,1-2H3. The van der Waals surface area contributed by atoms with Gasteiger partial charge >= 0.3 is 0 Å². The molecule has 0 heterocycles. The Morgan fingerprint density at radius 3 is 2.22 bits per heavy atom. The van der Waals surface area contributed by atoms with E-state index < -0.39 is 0 Å². The second-order valence-corrected chi connectivity index (χ2v) is 5.94. The maximum absolute atomic E-state index is 6.06. The highest BCUT2D eigenvalue weighted by molar-refractivity contribution is 4.84. The van der Waals surface area contributed by atoms with Crippen LogP contribution >= 0.6 is 0 Å². The van der Waals surface area contributed by atoms with E-state index in [0.29, 0.717) is 25.7 Å². The summed E-state index contributed by atoms with van der Waals surface area (Å²) in [6.07, 6.45) is 8.54. The van der Waals surface area contributed by atoms with Crippen LogP contribution in [0.25, 0.3) is 0 Å². The van der Waals surface area contributed by atoms with Crippen LogP contribution in [0.5, 0.6) is 0 Å². The quantitative estimate of drug-likeness (QED) is 0.537. The zero-order chi connectivity index (χ0) is 13.3. The highest BCUT2D eigenvalue weighted by atomic mass is 16.5. The van der Waals surface area contributed by atoms with Crippen LogP contribution in [0, 0.1) is 5.92 Å². The van der Waals surface area contributed by atoms with Crippen molar-refractivity contribution in [3.63, 3.8) is 0 Å². The number of ether oxygens (including phenoxy) is 2. The number of nitrogens with two attached hydrogens (primary N) is 1. The molecule has 0 atom stereocenters. The van der Waals surface area contributed by atoms with Crippen molar-refractivity contribution in [2.75, 3.05) is 26.4 Å². The van der Waals surface area contributed by atoms with Crippen LogP contribution in [0.2, 0.25) is 0 Å². The van der Waals surface area contributed by atoms with Gasteiger partial charge in [0.2, 0.25) is 0 Å². The van der Waals surface area contributed by atoms with Gasteiger partial charge in [-0.25, -0.2) is 0 Å². The van der Waals surface area contributed by atoms with Crippen molar-refractivity contribution in [1.29, 1.82) is 0 Å². The average Bonchev–Trinajstić information content (AvgIpc) is 2.59. The van der Waals surface area contributed by atoms with Crippen LogP contribution < -0.4 is 5.73 Å². The molecule has 108 valence electrons. The van der Waals surface area contributed by atoms with E-state index in [-0.39, 0.29) is 5.60 Å². The van der Waals surface area contributed by atoms with Gasteiger partial charge in [0.05, 0.1) is 18.8 Å². The van der Waals surface area contributed by atoms with Gasteiger partial charge in [-0.1, -0.05) is 39.5 Å². The van der Waals surface area contributed by atoms with Gasteiger partial charge in [0.15, 0.2) is 0 Å². The van der Waals surface area contributed by atoms with Gasteiger partial charge in [0.25, 0.3) is 0 Å². The molecule has 2 N–H and O–H groups in total. The fourth-order valence-electron chi connectivity index (χ4n) is 2.52. The monoisotopic (exact) mass is 257 g/mol. The maximum Gasteiger partial charge on any atom is 0.0805 e. The third-order valence-electron chi connectivity index (χ3n) is 3.86. The van der Waals surface area contributed by atoms with Gasteiger partial charge in [0, 0.05) is 13.2 Å². The molecule has 0 aromatic rings. The first-order chi connectivity index (χ1) is 8.68. The molecule has 1 fully saturated rings. The molecule has 0 aliphatic heterocycles. The number of hydrogen-bond acceptors (Lipinski definition) is 3. The predicted octanol–water partition coefficient (Wildman–Crippen LogP) is 3.12. The lowest BCUT2D eigenvalue weighted by molar-refractivity contribution is -0.0712.